The summed E-state index contributed by atoms with van der Waals surface area (Å²) in [5.74, 6) is -1.73. The summed E-state index contributed by atoms with van der Waals surface area (Å²) >= 11 is 0. The molecule has 0 unspecified atom stereocenters. The van der Waals surface area contributed by atoms with Crippen LogP contribution in [-0.2, 0) is 4.74 Å². The van der Waals surface area contributed by atoms with Gasteiger partial charge in [0.1, 0.15) is 23.6 Å². The average molecular weight is 400 g/mol. The van der Waals surface area contributed by atoms with Crippen LogP contribution in [0.3, 0.4) is 0 Å². The summed E-state index contributed by atoms with van der Waals surface area (Å²) in [6.07, 6.45) is 2.45. The lowest BCUT2D eigenvalue weighted by molar-refractivity contribution is 0.0396. The lowest BCUT2D eigenvalue weighted by Crippen LogP contribution is -2.36. The standard InChI is InChI=1S/C22H19F3N2O2/c23-13-3-1-11(2-4-13)20-19(17-9-14(24)10-18(25)21(17)27-20)12-7-16(8-12)29-22(28)26-15-5-6-15/h1-4,9-10,12,15-16,27H,5-8H2,(H,26,28)/t12-,16-. The number of fused-ring (bicyclic) bond motifs is 1. The number of halogens is 3. The molecule has 1 aromatic heterocycles. The van der Waals surface area contributed by atoms with Crippen LogP contribution in [0.15, 0.2) is 36.4 Å². The molecule has 150 valence electrons. The van der Waals surface area contributed by atoms with Gasteiger partial charge in [-0.2, -0.15) is 0 Å². The number of hydrogen-bond donors (Lipinski definition) is 2. The largest absolute Gasteiger partial charge is 0.446 e. The van der Waals surface area contributed by atoms with Crippen molar-refractivity contribution in [2.75, 3.05) is 0 Å². The van der Waals surface area contributed by atoms with E-state index in [9.17, 15) is 18.0 Å². The van der Waals surface area contributed by atoms with Crippen molar-refractivity contribution in [3.63, 3.8) is 0 Å². The summed E-state index contributed by atoms with van der Waals surface area (Å²) in [6.45, 7) is 0. The number of amides is 1. The second kappa shape index (κ2) is 6.83. The first-order valence-corrected chi connectivity index (χ1v) is 9.71. The van der Waals surface area contributed by atoms with E-state index in [0.717, 1.165) is 24.5 Å². The molecule has 29 heavy (non-hydrogen) atoms. The van der Waals surface area contributed by atoms with Gasteiger partial charge in [-0.3, -0.25) is 0 Å². The molecule has 0 aliphatic heterocycles. The third kappa shape index (κ3) is 3.45. The van der Waals surface area contributed by atoms with Gasteiger partial charge >= 0.3 is 6.09 Å². The molecule has 0 atom stereocenters. The van der Waals surface area contributed by atoms with E-state index < -0.39 is 17.7 Å². The van der Waals surface area contributed by atoms with Crippen molar-refractivity contribution in [1.82, 2.24) is 10.3 Å². The molecule has 0 radical (unpaired) electrons. The third-order valence-corrected chi connectivity index (χ3v) is 5.67. The van der Waals surface area contributed by atoms with E-state index in [4.69, 9.17) is 4.74 Å². The molecular formula is C22H19F3N2O2. The predicted octanol–water partition coefficient (Wildman–Crippen LogP) is 5.39. The van der Waals surface area contributed by atoms with Gasteiger partial charge in [-0.05, 0) is 73.1 Å². The van der Waals surface area contributed by atoms with E-state index in [1.807, 2.05) is 0 Å². The van der Waals surface area contributed by atoms with Gasteiger partial charge in [-0.25, -0.2) is 18.0 Å². The highest BCUT2D eigenvalue weighted by Crippen LogP contribution is 2.46. The van der Waals surface area contributed by atoms with Gasteiger partial charge in [0.25, 0.3) is 0 Å². The molecule has 0 bridgehead atoms. The average Bonchev–Trinajstić information content (AvgIpc) is 3.37. The van der Waals surface area contributed by atoms with Gasteiger partial charge in [0.2, 0.25) is 0 Å². The molecule has 2 saturated carbocycles. The first-order valence-electron chi connectivity index (χ1n) is 9.71. The van der Waals surface area contributed by atoms with Crippen LogP contribution in [0.5, 0.6) is 0 Å². The number of aromatic amines is 1. The smallest absolute Gasteiger partial charge is 0.407 e. The van der Waals surface area contributed by atoms with Crippen LogP contribution >= 0.6 is 0 Å². The summed E-state index contributed by atoms with van der Waals surface area (Å²) in [6, 6.07) is 8.24. The summed E-state index contributed by atoms with van der Waals surface area (Å²) in [7, 11) is 0. The Morgan fingerprint density at radius 1 is 1.03 bits per heavy atom. The van der Waals surface area contributed by atoms with Crippen LogP contribution in [0.1, 0.15) is 37.2 Å². The molecule has 7 heteroatoms. The molecule has 0 spiro atoms. The Morgan fingerprint density at radius 2 is 1.76 bits per heavy atom. The van der Waals surface area contributed by atoms with Crippen molar-refractivity contribution in [3.8, 4) is 11.3 Å². The predicted molar refractivity (Wildman–Crippen MR) is 102 cm³/mol. The summed E-state index contributed by atoms with van der Waals surface area (Å²) in [4.78, 5) is 14.9. The van der Waals surface area contributed by atoms with E-state index >= 15 is 0 Å². The Bertz CT molecular complexity index is 1080. The molecule has 2 aliphatic carbocycles. The number of aromatic nitrogens is 1. The second-order valence-electron chi connectivity index (χ2n) is 7.84. The first kappa shape index (κ1) is 18.1. The van der Waals surface area contributed by atoms with E-state index in [2.05, 4.69) is 10.3 Å². The summed E-state index contributed by atoms with van der Waals surface area (Å²) in [5.41, 5.74) is 2.31. The topological polar surface area (TPSA) is 54.1 Å². The second-order valence-corrected chi connectivity index (χ2v) is 7.84. The molecule has 2 aromatic carbocycles. The van der Waals surface area contributed by atoms with Crippen molar-refractivity contribution in [1.29, 1.82) is 0 Å². The zero-order valence-corrected chi connectivity index (χ0v) is 15.5. The number of carbonyl (C=O) groups is 1. The quantitative estimate of drug-likeness (QED) is 0.617. The molecule has 4 nitrogen and oxygen atoms in total. The minimum absolute atomic E-state index is 0.0243. The number of benzene rings is 2. The first-order chi connectivity index (χ1) is 14.0. The number of H-pyrrole nitrogens is 1. The van der Waals surface area contributed by atoms with Crippen LogP contribution in [-0.4, -0.2) is 23.2 Å². The summed E-state index contributed by atoms with van der Waals surface area (Å²) in [5, 5.41) is 3.25. The molecule has 1 amide bonds. The maximum atomic E-state index is 14.4. The Labute approximate surface area is 165 Å². The van der Waals surface area contributed by atoms with Crippen LogP contribution in [0.4, 0.5) is 18.0 Å². The zero-order valence-electron chi connectivity index (χ0n) is 15.5. The van der Waals surface area contributed by atoms with Crippen molar-refractivity contribution >= 4 is 17.0 Å². The van der Waals surface area contributed by atoms with Gasteiger partial charge in [0, 0.05) is 17.5 Å². The lowest BCUT2D eigenvalue weighted by Gasteiger charge is -2.35. The van der Waals surface area contributed by atoms with Gasteiger partial charge in [-0.1, -0.05) is 0 Å². The number of carbonyl (C=O) groups excluding carboxylic acids is 1. The van der Waals surface area contributed by atoms with E-state index in [1.54, 1.807) is 12.1 Å². The summed E-state index contributed by atoms with van der Waals surface area (Å²) < 4.78 is 47.1. The van der Waals surface area contributed by atoms with Crippen molar-refractivity contribution in [2.24, 2.45) is 0 Å². The Morgan fingerprint density at radius 3 is 2.45 bits per heavy atom. The number of ether oxygens (including phenoxy) is 1. The Hall–Kier alpha value is -2.96. The van der Waals surface area contributed by atoms with E-state index in [1.165, 1.54) is 18.2 Å². The fraction of sp³-hybridized carbons (Fsp3) is 0.318. The lowest BCUT2D eigenvalue weighted by atomic mass is 9.75. The molecule has 0 saturated heterocycles. The van der Waals surface area contributed by atoms with Gasteiger partial charge in [-0.15, -0.1) is 0 Å². The highest BCUT2D eigenvalue weighted by Gasteiger charge is 2.37. The zero-order chi connectivity index (χ0) is 20.1. The number of nitrogens with one attached hydrogen (secondary N) is 2. The Kier molecular flexibility index (Phi) is 4.26. The minimum Gasteiger partial charge on any atom is -0.446 e. The highest BCUT2D eigenvalue weighted by molar-refractivity contribution is 5.92. The fourth-order valence-corrected chi connectivity index (χ4v) is 3.99. The van der Waals surface area contributed by atoms with Gasteiger partial charge < -0.3 is 15.0 Å². The molecule has 2 aliphatic rings. The molecule has 3 aromatic rings. The Balaban J connectivity index is 1.46. The molecule has 2 fully saturated rings. The number of rotatable bonds is 4. The van der Waals surface area contributed by atoms with Gasteiger partial charge in [0.05, 0.1) is 11.2 Å². The number of alkyl carbamates (subject to hydrolysis) is 1. The van der Waals surface area contributed by atoms with Crippen molar-refractivity contribution < 1.29 is 22.7 Å². The number of hydrogen-bond acceptors (Lipinski definition) is 2. The third-order valence-electron chi connectivity index (χ3n) is 5.67. The van der Waals surface area contributed by atoms with Gasteiger partial charge in [0.15, 0.2) is 0 Å². The highest BCUT2D eigenvalue weighted by atomic mass is 19.1. The molecule has 5 rings (SSSR count). The molecule has 1 heterocycles. The fourth-order valence-electron chi connectivity index (χ4n) is 3.99. The molecular weight excluding hydrogens is 381 g/mol. The monoisotopic (exact) mass is 400 g/mol. The minimum atomic E-state index is -0.675. The van der Waals surface area contributed by atoms with E-state index in [-0.39, 0.29) is 29.4 Å². The van der Waals surface area contributed by atoms with E-state index in [0.29, 0.717) is 29.5 Å². The molecule has 2 N–H and O–H groups in total. The normalized spacial score (nSPS) is 21.1. The van der Waals surface area contributed by atoms with Crippen molar-refractivity contribution in [3.05, 3.63) is 59.4 Å². The van der Waals surface area contributed by atoms with Crippen molar-refractivity contribution in [2.45, 2.75) is 43.7 Å². The maximum absolute atomic E-state index is 14.4. The van der Waals surface area contributed by atoms with Crippen LogP contribution in [0, 0.1) is 17.5 Å². The maximum Gasteiger partial charge on any atom is 0.407 e. The van der Waals surface area contributed by atoms with Crippen LogP contribution in [0.2, 0.25) is 0 Å². The van der Waals surface area contributed by atoms with Crippen LogP contribution in [0.25, 0.3) is 22.2 Å². The van der Waals surface area contributed by atoms with Crippen LogP contribution < -0.4 is 5.32 Å². The SMILES string of the molecule is O=C(NC1CC1)O[C@H]1C[C@H](c2c(-c3ccc(F)cc3)[nH]c3c(F)cc(F)cc32)C1.